The van der Waals surface area contributed by atoms with Crippen molar-refractivity contribution in [2.75, 3.05) is 5.43 Å². The van der Waals surface area contributed by atoms with Crippen molar-refractivity contribution < 1.29 is 5.11 Å². The molecule has 3 aromatic rings. The highest BCUT2D eigenvalue weighted by Crippen LogP contribution is 2.26. The maximum Gasteiger partial charge on any atom is 0.335 e. The van der Waals surface area contributed by atoms with E-state index in [0.717, 1.165) is 26.4 Å². The lowest BCUT2D eigenvalue weighted by molar-refractivity contribution is 0.430. The Hall–Kier alpha value is -2.55. The molecule has 0 aliphatic heterocycles. The molecular formula is C19H15BrCl2N4O3. The first-order valence-corrected chi connectivity index (χ1v) is 9.83. The normalized spacial score (nSPS) is 11.2. The van der Waals surface area contributed by atoms with E-state index in [9.17, 15) is 14.7 Å². The van der Waals surface area contributed by atoms with Crippen LogP contribution in [0.15, 0.2) is 49.5 Å². The van der Waals surface area contributed by atoms with Crippen molar-refractivity contribution in [3.05, 3.63) is 82.4 Å². The van der Waals surface area contributed by atoms with Gasteiger partial charge in [-0.05, 0) is 55.3 Å². The van der Waals surface area contributed by atoms with Gasteiger partial charge in [-0.15, -0.1) is 0 Å². The molecule has 0 unspecified atom stereocenters. The summed E-state index contributed by atoms with van der Waals surface area (Å²) >= 11 is 15.4. The number of hydrogen-bond donors (Lipinski definition) is 3. The van der Waals surface area contributed by atoms with Gasteiger partial charge in [0.2, 0.25) is 5.88 Å². The quantitative estimate of drug-likeness (QED) is 0.368. The minimum absolute atomic E-state index is 0.199. The number of hydrogen-bond acceptors (Lipinski definition) is 5. The van der Waals surface area contributed by atoms with Gasteiger partial charge in [-0.2, -0.15) is 5.10 Å². The molecule has 0 aliphatic carbocycles. The SMILES string of the molecule is Cc1cc(-n2c(O)c(C=NNc3cc(Cl)ccc3Cl)c(=O)[nH]c2=O)c(C)cc1Br. The molecule has 0 fully saturated rings. The van der Waals surface area contributed by atoms with Crippen LogP contribution in [0.25, 0.3) is 5.69 Å². The van der Waals surface area contributed by atoms with E-state index in [2.05, 4.69) is 31.4 Å². The van der Waals surface area contributed by atoms with Crippen molar-refractivity contribution >= 4 is 51.0 Å². The highest BCUT2D eigenvalue weighted by Gasteiger charge is 2.16. The Kier molecular flexibility index (Phi) is 6.16. The van der Waals surface area contributed by atoms with Crippen LogP contribution in [0, 0.1) is 13.8 Å². The summed E-state index contributed by atoms with van der Waals surface area (Å²) in [5, 5.41) is 15.4. The van der Waals surface area contributed by atoms with Crippen LogP contribution in [0.5, 0.6) is 5.88 Å². The number of aromatic nitrogens is 2. The first kappa shape index (κ1) is 21.2. The molecule has 0 amide bonds. The van der Waals surface area contributed by atoms with Gasteiger partial charge in [0, 0.05) is 9.50 Å². The molecule has 7 nitrogen and oxygen atoms in total. The fourth-order valence-corrected chi connectivity index (χ4v) is 3.42. The summed E-state index contributed by atoms with van der Waals surface area (Å²) in [6.45, 7) is 3.63. The van der Waals surface area contributed by atoms with Crippen molar-refractivity contribution in [1.82, 2.24) is 9.55 Å². The van der Waals surface area contributed by atoms with Crippen LogP contribution < -0.4 is 16.7 Å². The van der Waals surface area contributed by atoms with E-state index in [-0.39, 0.29) is 5.56 Å². The predicted molar refractivity (Wildman–Crippen MR) is 119 cm³/mol. The van der Waals surface area contributed by atoms with Crippen molar-refractivity contribution in [2.45, 2.75) is 13.8 Å². The highest BCUT2D eigenvalue weighted by atomic mass is 79.9. The molecule has 0 atom stereocenters. The Morgan fingerprint density at radius 2 is 1.90 bits per heavy atom. The number of halogens is 3. The Labute approximate surface area is 183 Å². The molecule has 0 aliphatic rings. The molecule has 0 bridgehead atoms. The van der Waals surface area contributed by atoms with Crippen molar-refractivity contribution in [3.8, 4) is 11.6 Å². The maximum absolute atomic E-state index is 12.4. The summed E-state index contributed by atoms with van der Waals surface area (Å²) in [4.78, 5) is 26.8. The van der Waals surface area contributed by atoms with E-state index in [0.29, 0.717) is 21.4 Å². The monoisotopic (exact) mass is 496 g/mol. The molecule has 0 spiro atoms. The molecule has 3 N–H and O–H groups in total. The summed E-state index contributed by atoms with van der Waals surface area (Å²) < 4.78 is 1.88. The Balaban J connectivity index is 2.07. The van der Waals surface area contributed by atoms with Gasteiger partial charge in [0.05, 0.1) is 22.6 Å². The molecule has 3 rings (SSSR count). The van der Waals surface area contributed by atoms with Crippen LogP contribution in [-0.2, 0) is 0 Å². The predicted octanol–water partition coefficient (Wildman–Crippen LogP) is 4.36. The zero-order valence-electron chi connectivity index (χ0n) is 15.3. The average Bonchev–Trinajstić information content (AvgIpc) is 2.64. The molecule has 150 valence electrons. The third-order valence-electron chi connectivity index (χ3n) is 4.15. The lowest BCUT2D eigenvalue weighted by Gasteiger charge is -2.14. The second kappa shape index (κ2) is 8.44. The van der Waals surface area contributed by atoms with Crippen LogP contribution in [0.3, 0.4) is 0 Å². The third kappa shape index (κ3) is 4.39. The van der Waals surface area contributed by atoms with Gasteiger partial charge < -0.3 is 5.11 Å². The Morgan fingerprint density at radius 3 is 2.62 bits per heavy atom. The van der Waals surface area contributed by atoms with Crippen LogP contribution in [-0.4, -0.2) is 20.9 Å². The summed E-state index contributed by atoms with van der Waals surface area (Å²) in [7, 11) is 0. The number of aromatic amines is 1. The number of nitrogens with zero attached hydrogens (tertiary/aromatic N) is 2. The summed E-state index contributed by atoms with van der Waals surface area (Å²) in [5.41, 5.74) is 3.34. The maximum atomic E-state index is 12.4. The zero-order chi connectivity index (χ0) is 21.3. The molecule has 1 heterocycles. The van der Waals surface area contributed by atoms with Gasteiger partial charge in [-0.25, -0.2) is 9.36 Å². The number of benzene rings is 2. The van der Waals surface area contributed by atoms with Gasteiger partial charge in [-0.1, -0.05) is 39.1 Å². The summed E-state index contributed by atoms with van der Waals surface area (Å²) in [5.74, 6) is -0.536. The number of rotatable bonds is 4. The standard InChI is InChI=1S/C19H15BrCl2N4O3/c1-9-6-16(10(2)5-13(9)20)26-18(28)12(17(27)24-19(26)29)8-23-25-15-7-11(21)3-4-14(15)22/h3-8,25,28H,1-2H3,(H,24,27,29). The first-order valence-electron chi connectivity index (χ1n) is 8.28. The van der Waals surface area contributed by atoms with E-state index < -0.39 is 17.1 Å². The second-order valence-electron chi connectivity index (χ2n) is 6.21. The largest absolute Gasteiger partial charge is 0.493 e. The minimum Gasteiger partial charge on any atom is -0.493 e. The van der Waals surface area contributed by atoms with E-state index in [1.54, 1.807) is 31.2 Å². The van der Waals surface area contributed by atoms with E-state index >= 15 is 0 Å². The zero-order valence-corrected chi connectivity index (χ0v) is 18.4. The summed E-state index contributed by atoms with van der Waals surface area (Å²) in [6.07, 6.45) is 1.10. The van der Waals surface area contributed by atoms with Crippen LogP contribution in [0.1, 0.15) is 16.7 Å². The number of H-pyrrole nitrogens is 1. The topological polar surface area (TPSA) is 99.5 Å². The van der Waals surface area contributed by atoms with Gasteiger partial charge in [-0.3, -0.25) is 15.2 Å². The second-order valence-corrected chi connectivity index (χ2v) is 7.91. The average molecular weight is 498 g/mol. The highest BCUT2D eigenvalue weighted by molar-refractivity contribution is 9.10. The van der Waals surface area contributed by atoms with Gasteiger partial charge in [0.25, 0.3) is 5.56 Å². The van der Waals surface area contributed by atoms with Crippen molar-refractivity contribution in [2.24, 2.45) is 5.10 Å². The first-order chi connectivity index (χ1) is 13.7. The Bertz CT molecular complexity index is 1250. The fraction of sp³-hybridized carbons (Fsp3) is 0.105. The van der Waals surface area contributed by atoms with E-state index in [1.165, 1.54) is 0 Å². The smallest absolute Gasteiger partial charge is 0.335 e. The van der Waals surface area contributed by atoms with Crippen molar-refractivity contribution in [1.29, 1.82) is 0 Å². The van der Waals surface area contributed by atoms with Crippen LogP contribution >= 0.6 is 39.1 Å². The van der Waals surface area contributed by atoms with Crippen molar-refractivity contribution in [3.63, 3.8) is 0 Å². The molecule has 0 saturated carbocycles. The molecule has 1 aromatic heterocycles. The number of nitrogens with one attached hydrogen (secondary N) is 2. The molecule has 29 heavy (non-hydrogen) atoms. The third-order valence-corrected chi connectivity index (χ3v) is 5.57. The molecule has 10 heteroatoms. The molecule has 2 aromatic carbocycles. The molecular weight excluding hydrogens is 483 g/mol. The number of aromatic hydroxyl groups is 1. The van der Waals surface area contributed by atoms with E-state index in [4.69, 9.17) is 23.2 Å². The Morgan fingerprint density at radius 1 is 1.17 bits per heavy atom. The fourth-order valence-electron chi connectivity index (χ4n) is 2.63. The minimum atomic E-state index is -0.780. The van der Waals surface area contributed by atoms with Gasteiger partial charge in [0.1, 0.15) is 5.56 Å². The summed E-state index contributed by atoms with van der Waals surface area (Å²) in [6, 6.07) is 8.31. The number of aryl methyl sites for hydroxylation is 2. The number of hydrazone groups is 1. The van der Waals surface area contributed by atoms with Gasteiger partial charge in [0.15, 0.2) is 0 Å². The number of anilines is 1. The van der Waals surface area contributed by atoms with Crippen LogP contribution in [0.4, 0.5) is 5.69 Å². The van der Waals surface area contributed by atoms with Crippen LogP contribution in [0.2, 0.25) is 10.0 Å². The van der Waals surface area contributed by atoms with Gasteiger partial charge >= 0.3 is 5.69 Å². The molecule has 0 saturated heterocycles. The lowest BCUT2D eigenvalue weighted by atomic mass is 10.1. The molecule has 0 radical (unpaired) electrons. The lowest BCUT2D eigenvalue weighted by Crippen LogP contribution is -2.31. The van der Waals surface area contributed by atoms with E-state index in [1.807, 2.05) is 13.0 Å².